The van der Waals surface area contributed by atoms with Gasteiger partial charge in [-0.1, -0.05) is 13.8 Å². The number of ether oxygens (including phenoxy) is 1. The van der Waals surface area contributed by atoms with Crippen LogP contribution in [0, 0.1) is 0 Å². The number of benzene rings is 1. The highest BCUT2D eigenvalue weighted by Crippen LogP contribution is 2.48. The van der Waals surface area contributed by atoms with Gasteiger partial charge < -0.3 is 26.6 Å². The van der Waals surface area contributed by atoms with Gasteiger partial charge in [-0.25, -0.2) is 9.97 Å². The van der Waals surface area contributed by atoms with Gasteiger partial charge >= 0.3 is 0 Å². The largest absolute Gasteiger partial charge is 0.488 e. The average molecular weight is 412 g/mol. The molecule has 2 aromatic rings. The minimum atomic E-state index is -0.601. The van der Waals surface area contributed by atoms with Gasteiger partial charge in [-0.05, 0) is 55.2 Å². The fourth-order valence-electron chi connectivity index (χ4n) is 4.63. The first-order valence-electron chi connectivity index (χ1n) is 10.4. The molecule has 0 unspecified atom stereocenters. The number of hydrogen-bond donors (Lipinski definition) is 4. The molecule has 2 aliphatic carbocycles. The van der Waals surface area contributed by atoms with Crippen LogP contribution in [0.25, 0.3) is 11.3 Å². The molecule has 1 saturated carbocycles. The first kappa shape index (κ1) is 20.6. The maximum absolute atomic E-state index is 12.1. The van der Waals surface area contributed by atoms with Crippen molar-refractivity contribution in [1.29, 1.82) is 0 Å². The quantitative estimate of drug-likeness (QED) is 0.605. The molecule has 2 aliphatic rings. The van der Waals surface area contributed by atoms with E-state index in [0.717, 1.165) is 48.1 Å². The number of anilines is 2. The summed E-state index contributed by atoms with van der Waals surface area (Å²) in [5, 5.41) is 12.2. The normalized spacial score (nSPS) is 22.0. The number of aliphatic hydroxyl groups is 1. The van der Waals surface area contributed by atoms with E-state index in [1.165, 1.54) is 6.33 Å². The van der Waals surface area contributed by atoms with Gasteiger partial charge in [0.25, 0.3) is 0 Å². The van der Waals surface area contributed by atoms with Crippen LogP contribution in [0.4, 0.5) is 11.5 Å². The Morgan fingerprint density at radius 1 is 1.27 bits per heavy atom. The summed E-state index contributed by atoms with van der Waals surface area (Å²) in [6.07, 6.45) is 5.74. The van der Waals surface area contributed by atoms with Gasteiger partial charge in [0.05, 0.1) is 17.5 Å². The highest BCUT2D eigenvalue weighted by atomic mass is 16.5. The summed E-state index contributed by atoms with van der Waals surface area (Å²) in [6.45, 7) is 3.57. The van der Waals surface area contributed by atoms with Crippen LogP contribution in [-0.4, -0.2) is 39.7 Å². The van der Waals surface area contributed by atoms with E-state index in [4.69, 9.17) is 16.2 Å². The summed E-state index contributed by atoms with van der Waals surface area (Å²) in [5.41, 5.74) is 16.0. The third kappa shape index (κ3) is 3.73. The summed E-state index contributed by atoms with van der Waals surface area (Å²) in [6, 6.07) is 4.05. The van der Waals surface area contributed by atoms with Crippen LogP contribution in [0.3, 0.4) is 0 Å². The van der Waals surface area contributed by atoms with Crippen LogP contribution >= 0.6 is 0 Å². The number of rotatable bonds is 4. The van der Waals surface area contributed by atoms with Crippen LogP contribution in [0.15, 0.2) is 18.5 Å². The number of nitrogens with zero attached hydrogens (tertiary/aromatic N) is 2. The molecule has 0 radical (unpaired) electrons. The molecule has 1 fully saturated rings. The zero-order valence-electron chi connectivity index (χ0n) is 17.4. The van der Waals surface area contributed by atoms with E-state index < -0.39 is 12.5 Å². The molecule has 0 spiro atoms. The number of aliphatic hydroxyl groups excluding tert-OH is 1. The second-order valence-electron chi connectivity index (χ2n) is 8.87. The van der Waals surface area contributed by atoms with Gasteiger partial charge in [0.1, 0.15) is 24.5 Å². The molecule has 8 nitrogen and oxygen atoms in total. The molecule has 0 bridgehead atoms. The van der Waals surface area contributed by atoms with Gasteiger partial charge in [-0.15, -0.1) is 0 Å². The summed E-state index contributed by atoms with van der Waals surface area (Å²) >= 11 is 0. The van der Waals surface area contributed by atoms with Crippen LogP contribution < -0.4 is 21.5 Å². The molecule has 160 valence electrons. The fourth-order valence-corrected chi connectivity index (χ4v) is 4.63. The second-order valence-corrected chi connectivity index (χ2v) is 8.87. The van der Waals surface area contributed by atoms with Crippen LogP contribution in [0.2, 0.25) is 0 Å². The lowest BCUT2D eigenvalue weighted by Gasteiger charge is -2.35. The van der Waals surface area contributed by atoms with E-state index in [9.17, 15) is 9.90 Å². The SMILES string of the molecule is CC1(C)Cc2c(ccc(O[C@H]3CC[C@H](N)CC3)c2NC(=O)CO)-c2ncnc(N)c21. The molecular formula is C22H29N5O3. The number of hydrogen-bond acceptors (Lipinski definition) is 7. The van der Waals surface area contributed by atoms with Crippen molar-refractivity contribution >= 4 is 17.4 Å². The van der Waals surface area contributed by atoms with Crippen LogP contribution in [0.5, 0.6) is 5.75 Å². The number of carbonyl (C=O) groups excluding carboxylic acids is 1. The van der Waals surface area contributed by atoms with Gasteiger partial charge in [-0.3, -0.25) is 4.79 Å². The maximum Gasteiger partial charge on any atom is 0.250 e. The zero-order chi connectivity index (χ0) is 21.5. The zero-order valence-corrected chi connectivity index (χ0v) is 17.4. The highest BCUT2D eigenvalue weighted by molar-refractivity contribution is 5.96. The molecule has 8 heteroatoms. The van der Waals surface area contributed by atoms with Gasteiger partial charge in [-0.2, -0.15) is 0 Å². The van der Waals surface area contributed by atoms with E-state index in [2.05, 4.69) is 29.1 Å². The van der Waals surface area contributed by atoms with Crippen molar-refractivity contribution in [3.63, 3.8) is 0 Å². The Balaban J connectivity index is 1.80. The van der Waals surface area contributed by atoms with E-state index in [0.29, 0.717) is 23.7 Å². The lowest BCUT2D eigenvalue weighted by atomic mass is 9.71. The number of amides is 1. The first-order valence-corrected chi connectivity index (χ1v) is 10.4. The monoisotopic (exact) mass is 411 g/mol. The molecule has 1 aromatic heterocycles. The minimum absolute atomic E-state index is 0.0504. The number of fused-ring (bicyclic) bond motifs is 3. The van der Waals surface area contributed by atoms with Crippen LogP contribution in [0.1, 0.15) is 50.7 Å². The third-order valence-electron chi connectivity index (χ3n) is 6.12. The predicted molar refractivity (Wildman–Crippen MR) is 115 cm³/mol. The summed E-state index contributed by atoms with van der Waals surface area (Å²) in [7, 11) is 0. The molecule has 1 amide bonds. The Hall–Kier alpha value is -2.71. The molecule has 30 heavy (non-hydrogen) atoms. The van der Waals surface area contributed by atoms with Crippen molar-refractivity contribution in [2.45, 2.75) is 63.5 Å². The van der Waals surface area contributed by atoms with Crippen molar-refractivity contribution in [2.75, 3.05) is 17.7 Å². The second kappa shape index (κ2) is 7.85. The van der Waals surface area contributed by atoms with E-state index >= 15 is 0 Å². The molecular weight excluding hydrogens is 382 g/mol. The third-order valence-corrected chi connectivity index (χ3v) is 6.12. The van der Waals surface area contributed by atoms with Gasteiger partial charge in [0.2, 0.25) is 5.91 Å². The molecule has 1 aromatic carbocycles. The highest BCUT2D eigenvalue weighted by Gasteiger charge is 2.37. The molecule has 4 rings (SSSR count). The van der Waals surface area contributed by atoms with Crippen molar-refractivity contribution in [3.8, 4) is 17.0 Å². The Morgan fingerprint density at radius 3 is 2.70 bits per heavy atom. The molecule has 0 atom stereocenters. The van der Waals surface area contributed by atoms with Crippen LogP contribution in [-0.2, 0) is 16.6 Å². The summed E-state index contributed by atoms with van der Waals surface area (Å²) < 4.78 is 6.32. The lowest BCUT2D eigenvalue weighted by Crippen LogP contribution is -2.32. The smallest absolute Gasteiger partial charge is 0.250 e. The topological polar surface area (TPSA) is 136 Å². The number of nitrogens with two attached hydrogens (primary N) is 2. The number of nitrogens with one attached hydrogen (secondary N) is 1. The first-order chi connectivity index (χ1) is 14.3. The van der Waals surface area contributed by atoms with E-state index in [-0.39, 0.29) is 17.6 Å². The maximum atomic E-state index is 12.1. The lowest BCUT2D eigenvalue weighted by molar-refractivity contribution is -0.118. The fraction of sp³-hybridized carbons (Fsp3) is 0.500. The van der Waals surface area contributed by atoms with Crippen molar-refractivity contribution < 1.29 is 14.6 Å². The summed E-state index contributed by atoms with van der Waals surface area (Å²) in [5.74, 6) is 0.595. The number of carbonyl (C=O) groups is 1. The minimum Gasteiger partial charge on any atom is -0.488 e. The molecule has 1 heterocycles. The standard InChI is InChI=1S/C22H29N5O3/c1-22(2)9-15-14(20-18(22)21(24)26-11-25-20)7-8-16(19(15)27-17(29)10-28)30-13-5-3-12(23)4-6-13/h7-8,11-13,28H,3-6,9-10,23H2,1-2H3,(H,27,29)(H2,24,25,26)/t12-,13-. The van der Waals surface area contributed by atoms with Gasteiger partial charge in [0.15, 0.2) is 0 Å². The van der Waals surface area contributed by atoms with E-state index in [1.54, 1.807) is 0 Å². The Kier molecular flexibility index (Phi) is 5.38. The Labute approximate surface area is 176 Å². The van der Waals surface area contributed by atoms with E-state index in [1.807, 2.05) is 12.1 Å². The van der Waals surface area contributed by atoms with Crippen molar-refractivity contribution in [1.82, 2.24) is 9.97 Å². The van der Waals surface area contributed by atoms with Crippen molar-refractivity contribution in [3.05, 3.63) is 29.6 Å². The molecule has 6 N–H and O–H groups in total. The van der Waals surface area contributed by atoms with Crippen molar-refractivity contribution in [2.24, 2.45) is 5.73 Å². The number of aromatic nitrogens is 2. The molecule has 0 saturated heterocycles. The van der Waals surface area contributed by atoms with Gasteiger partial charge in [0, 0.05) is 17.2 Å². The summed E-state index contributed by atoms with van der Waals surface area (Å²) in [4.78, 5) is 20.8. The Morgan fingerprint density at radius 2 is 2.00 bits per heavy atom. The Bertz CT molecular complexity index is 967. The number of nitrogen functional groups attached to an aromatic ring is 1. The predicted octanol–water partition coefficient (Wildman–Crippen LogP) is 2.14. The average Bonchev–Trinajstić information content (AvgIpc) is 2.71. The molecule has 0 aliphatic heterocycles.